The van der Waals surface area contributed by atoms with E-state index in [2.05, 4.69) is 11.9 Å². The van der Waals surface area contributed by atoms with Gasteiger partial charge in [0.1, 0.15) is 18.9 Å². The number of benzene rings is 2. The highest BCUT2D eigenvalue weighted by Gasteiger charge is 2.36. The second-order valence-corrected chi connectivity index (χ2v) is 7.78. The standard InChI is InChI=1S/C24H24N2O6S/c1-4-12-32-19-11-6-16(13-20(19)30-3)14-21-23(28)26(24(29)33-21)15-22(27)25-17-7-9-18(10-8-17)31-5-2/h4,6-11,13-14H,1,5,12,15H2,2-3H3,(H,25,27)/b21-14+. The smallest absolute Gasteiger partial charge is 0.294 e. The third kappa shape index (κ3) is 6.17. The first-order valence-electron chi connectivity index (χ1n) is 10.1. The molecule has 0 radical (unpaired) electrons. The van der Waals surface area contributed by atoms with E-state index in [9.17, 15) is 14.4 Å². The lowest BCUT2D eigenvalue weighted by molar-refractivity contribution is -0.127. The van der Waals surface area contributed by atoms with E-state index in [1.165, 1.54) is 7.11 Å². The summed E-state index contributed by atoms with van der Waals surface area (Å²) in [5.74, 6) is 0.697. The number of carbonyl (C=O) groups is 3. The van der Waals surface area contributed by atoms with Gasteiger partial charge in [0.15, 0.2) is 11.5 Å². The highest BCUT2D eigenvalue weighted by atomic mass is 32.2. The van der Waals surface area contributed by atoms with Crippen molar-refractivity contribution in [1.29, 1.82) is 0 Å². The van der Waals surface area contributed by atoms with Crippen LogP contribution in [0.1, 0.15) is 12.5 Å². The lowest BCUT2D eigenvalue weighted by Crippen LogP contribution is -2.36. The summed E-state index contributed by atoms with van der Waals surface area (Å²) in [5.41, 5.74) is 1.19. The van der Waals surface area contributed by atoms with Gasteiger partial charge in [0, 0.05) is 5.69 Å². The molecule has 0 spiro atoms. The second-order valence-electron chi connectivity index (χ2n) is 6.78. The zero-order valence-corrected chi connectivity index (χ0v) is 19.1. The number of nitrogens with one attached hydrogen (secondary N) is 1. The van der Waals surface area contributed by atoms with Gasteiger partial charge in [-0.05, 0) is 66.7 Å². The van der Waals surface area contributed by atoms with Crippen molar-refractivity contribution in [2.75, 3.05) is 32.2 Å². The van der Waals surface area contributed by atoms with Gasteiger partial charge in [-0.25, -0.2) is 0 Å². The molecule has 1 aliphatic rings. The average molecular weight is 469 g/mol. The van der Waals surface area contributed by atoms with E-state index < -0.39 is 17.1 Å². The molecule has 1 heterocycles. The van der Waals surface area contributed by atoms with Crippen molar-refractivity contribution in [2.45, 2.75) is 6.92 Å². The first kappa shape index (κ1) is 23.9. The van der Waals surface area contributed by atoms with Crippen LogP contribution in [0.2, 0.25) is 0 Å². The van der Waals surface area contributed by atoms with Gasteiger partial charge in [-0.2, -0.15) is 0 Å². The Kier molecular flexibility index (Phi) is 8.15. The Morgan fingerprint density at radius 2 is 1.88 bits per heavy atom. The van der Waals surface area contributed by atoms with Crippen molar-refractivity contribution in [3.63, 3.8) is 0 Å². The van der Waals surface area contributed by atoms with E-state index in [0.717, 1.165) is 16.7 Å². The Hall–Kier alpha value is -3.72. The molecule has 3 amide bonds. The topological polar surface area (TPSA) is 94.2 Å². The largest absolute Gasteiger partial charge is 0.494 e. The van der Waals surface area contributed by atoms with Gasteiger partial charge in [0.25, 0.3) is 11.1 Å². The molecule has 0 bridgehead atoms. The predicted octanol–water partition coefficient (Wildman–Crippen LogP) is 4.33. The normalized spacial score (nSPS) is 14.4. The summed E-state index contributed by atoms with van der Waals surface area (Å²) in [6.45, 7) is 5.97. The number of imide groups is 1. The Morgan fingerprint density at radius 1 is 1.12 bits per heavy atom. The number of amides is 3. The molecule has 2 aromatic rings. The minimum atomic E-state index is -0.530. The van der Waals surface area contributed by atoms with Crippen LogP contribution in [-0.2, 0) is 9.59 Å². The summed E-state index contributed by atoms with van der Waals surface area (Å²) in [6, 6.07) is 12.0. The lowest BCUT2D eigenvalue weighted by atomic mass is 10.2. The molecule has 33 heavy (non-hydrogen) atoms. The molecule has 0 atom stereocenters. The van der Waals surface area contributed by atoms with Gasteiger partial charge >= 0.3 is 0 Å². The molecule has 0 aliphatic carbocycles. The maximum Gasteiger partial charge on any atom is 0.294 e. The Balaban J connectivity index is 1.66. The fourth-order valence-corrected chi connectivity index (χ4v) is 3.81. The van der Waals surface area contributed by atoms with E-state index in [1.807, 2.05) is 6.92 Å². The molecular formula is C24H24N2O6S. The number of thioether (sulfide) groups is 1. The van der Waals surface area contributed by atoms with Crippen LogP contribution in [-0.4, -0.2) is 48.8 Å². The molecule has 8 nitrogen and oxygen atoms in total. The van der Waals surface area contributed by atoms with E-state index in [0.29, 0.717) is 41.7 Å². The Labute approximate surface area is 196 Å². The number of hydrogen-bond donors (Lipinski definition) is 1. The summed E-state index contributed by atoms with van der Waals surface area (Å²) < 4.78 is 16.2. The summed E-state index contributed by atoms with van der Waals surface area (Å²) in [5, 5.41) is 2.17. The molecule has 1 N–H and O–H groups in total. The highest BCUT2D eigenvalue weighted by Crippen LogP contribution is 2.34. The van der Waals surface area contributed by atoms with Gasteiger partial charge < -0.3 is 19.5 Å². The molecule has 0 aromatic heterocycles. The van der Waals surface area contributed by atoms with Gasteiger partial charge in [-0.3, -0.25) is 19.3 Å². The summed E-state index contributed by atoms with van der Waals surface area (Å²) in [7, 11) is 1.51. The number of nitrogens with zero attached hydrogens (tertiary/aromatic N) is 1. The highest BCUT2D eigenvalue weighted by molar-refractivity contribution is 8.18. The van der Waals surface area contributed by atoms with Crippen molar-refractivity contribution in [1.82, 2.24) is 4.90 Å². The zero-order valence-electron chi connectivity index (χ0n) is 18.3. The van der Waals surface area contributed by atoms with Crippen LogP contribution in [0.4, 0.5) is 10.5 Å². The van der Waals surface area contributed by atoms with Gasteiger partial charge in [0.05, 0.1) is 18.6 Å². The average Bonchev–Trinajstić information content (AvgIpc) is 3.06. The fourth-order valence-electron chi connectivity index (χ4n) is 2.97. The van der Waals surface area contributed by atoms with Crippen molar-refractivity contribution < 1.29 is 28.6 Å². The number of ether oxygens (including phenoxy) is 3. The van der Waals surface area contributed by atoms with Crippen LogP contribution in [0, 0.1) is 0 Å². The minimum absolute atomic E-state index is 0.218. The fraction of sp³-hybridized carbons (Fsp3) is 0.208. The third-order valence-electron chi connectivity index (χ3n) is 4.47. The summed E-state index contributed by atoms with van der Waals surface area (Å²) in [4.78, 5) is 38.6. The first-order chi connectivity index (χ1) is 15.9. The first-order valence-corrected chi connectivity index (χ1v) is 11.0. The molecule has 1 aliphatic heterocycles. The number of hydrogen-bond acceptors (Lipinski definition) is 7. The van der Waals surface area contributed by atoms with Crippen molar-refractivity contribution in [2.24, 2.45) is 0 Å². The van der Waals surface area contributed by atoms with Gasteiger partial charge in [0.2, 0.25) is 5.91 Å². The lowest BCUT2D eigenvalue weighted by Gasteiger charge is -2.13. The molecule has 1 saturated heterocycles. The molecule has 3 rings (SSSR count). The van der Waals surface area contributed by atoms with Gasteiger partial charge in [-0.1, -0.05) is 18.7 Å². The van der Waals surface area contributed by atoms with Crippen LogP contribution in [0.5, 0.6) is 17.2 Å². The second kappa shape index (κ2) is 11.2. The van der Waals surface area contributed by atoms with Crippen molar-refractivity contribution >= 4 is 40.6 Å². The number of methoxy groups -OCH3 is 1. The number of rotatable bonds is 10. The maximum atomic E-state index is 12.7. The van der Waals surface area contributed by atoms with E-state index in [1.54, 1.807) is 54.6 Å². The number of carbonyl (C=O) groups excluding carboxylic acids is 3. The monoisotopic (exact) mass is 468 g/mol. The quantitative estimate of drug-likeness (QED) is 0.410. The Bertz CT molecular complexity index is 1080. The van der Waals surface area contributed by atoms with E-state index in [-0.39, 0.29) is 11.4 Å². The van der Waals surface area contributed by atoms with Crippen LogP contribution in [0.25, 0.3) is 6.08 Å². The molecule has 0 saturated carbocycles. The van der Waals surface area contributed by atoms with Crippen LogP contribution < -0.4 is 19.5 Å². The van der Waals surface area contributed by atoms with Gasteiger partial charge in [-0.15, -0.1) is 0 Å². The zero-order chi connectivity index (χ0) is 23.8. The van der Waals surface area contributed by atoms with Crippen LogP contribution in [0.3, 0.4) is 0 Å². The van der Waals surface area contributed by atoms with E-state index in [4.69, 9.17) is 14.2 Å². The molecule has 0 unspecified atom stereocenters. The molecular weight excluding hydrogens is 444 g/mol. The molecule has 172 valence electrons. The SMILES string of the molecule is C=CCOc1ccc(/C=C2/SC(=O)N(CC(=O)Nc3ccc(OCC)cc3)C2=O)cc1OC. The molecule has 9 heteroatoms. The van der Waals surface area contributed by atoms with Crippen molar-refractivity contribution in [3.8, 4) is 17.2 Å². The molecule has 1 fully saturated rings. The summed E-state index contributed by atoms with van der Waals surface area (Å²) >= 11 is 0.781. The van der Waals surface area contributed by atoms with Crippen LogP contribution in [0.15, 0.2) is 60.0 Å². The maximum absolute atomic E-state index is 12.7. The van der Waals surface area contributed by atoms with Crippen LogP contribution >= 0.6 is 11.8 Å². The van der Waals surface area contributed by atoms with Crippen molar-refractivity contribution in [3.05, 3.63) is 65.6 Å². The predicted molar refractivity (Wildman–Crippen MR) is 128 cm³/mol. The summed E-state index contributed by atoms with van der Waals surface area (Å²) in [6.07, 6.45) is 3.20. The van der Waals surface area contributed by atoms with E-state index >= 15 is 0 Å². The third-order valence-corrected chi connectivity index (χ3v) is 5.37. The minimum Gasteiger partial charge on any atom is -0.494 e. The Morgan fingerprint density at radius 3 is 2.55 bits per heavy atom. The molecule has 2 aromatic carbocycles. The number of anilines is 1.